The summed E-state index contributed by atoms with van der Waals surface area (Å²) in [7, 11) is 1.73. The summed E-state index contributed by atoms with van der Waals surface area (Å²) in [5, 5.41) is 14.7. The third-order valence-electron chi connectivity index (χ3n) is 8.64. The van der Waals surface area contributed by atoms with Crippen LogP contribution in [0.3, 0.4) is 0 Å². The largest absolute Gasteiger partial charge is 0.497 e. The standard InChI is InChI=1S/C26H34N2O3S/c1-15-14-27-25(32-15)28-23(30)9-5-17-13-22(29)26(2)11-10-20-19-8-6-18(31-3)12-16(19)4-7-21(20)24(17)26/h6,8,12,14,17,20-22,24,29H,4-5,7,9-11,13H2,1-3H3,(H,27,28,30)/t17-,20?,21?,22?,24?,26-/m1/s1. The summed E-state index contributed by atoms with van der Waals surface area (Å²) in [5.74, 6) is 2.99. The van der Waals surface area contributed by atoms with Gasteiger partial charge in [0.15, 0.2) is 5.13 Å². The lowest BCUT2D eigenvalue weighted by Crippen LogP contribution is -2.45. The van der Waals surface area contributed by atoms with Crippen LogP contribution in [0.2, 0.25) is 0 Å². The van der Waals surface area contributed by atoms with Crippen molar-refractivity contribution in [1.29, 1.82) is 0 Å². The number of aryl methyl sites for hydroxylation is 2. The Morgan fingerprint density at radius 1 is 1.38 bits per heavy atom. The number of ether oxygens (including phenoxy) is 1. The second-order valence-electron chi connectivity index (χ2n) is 10.3. The summed E-state index contributed by atoms with van der Waals surface area (Å²) in [6.07, 6.45) is 8.13. The van der Waals surface area contributed by atoms with Crippen molar-refractivity contribution in [2.75, 3.05) is 12.4 Å². The van der Waals surface area contributed by atoms with Gasteiger partial charge in [0.05, 0.1) is 13.2 Å². The molecule has 1 amide bonds. The molecule has 0 aliphatic heterocycles. The summed E-state index contributed by atoms with van der Waals surface area (Å²) in [5.41, 5.74) is 2.89. The first-order chi connectivity index (χ1) is 15.4. The molecule has 3 aliphatic carbocycles. The van der Waals surface area contributed by atoms with Gasteiger partial charge in [-0.1, -0.05) is 13.0 Å². The maximum atomic E-state index is 12.6. The molecule has 2 N–H and O–H groups in total. The number of rotatable bonds is 5. The van der Waals surface area contributed by atoms with E-state index >= 15 is 0 Å². The zero-order chi connectivity index (χ0) is 22.5. The summed E-state index contributed by atoms with van der Waals surface area (Å²) in [6, 6.07) is 6.59. The Morgan fingerprint density at radius 2 is 2.22 bits per heavy atom. The SMILES string of the molecule is COc1ccc2c(c1)CCC1C2CC[C@]2(C)C(O)C[C@@H](CCC(=O)Nc3ncc(C)s3)C12. The molecule has 2 aromatic rings. The third-order valence-corrected chi connectivity index (χ3v) is 9.46. The van der Waals surface area contributed by atoms with Crippen molar-refractivity contribution in [2.24, 2.45) is 23.2 Å². The summed E-state index contributed by atoms with van der Waals surface area (Å²) >= 11 is 1.51. The number of hydrogen-bond donors (Lipinski definition) is 2. The van der Waals surface area contributed by atoms with E-state index in [0.717, 1.165) is 42.7 Å². The fraction of sp³-hybridized carbons (Fsp3) is 0.615. The number of aliphatic hydroxyl groups excluding tert-OH is 1. The quantitative estimate of drug-likeness (QED) is 0.641. The van der Waals surface area contributed by atoms with E-state index in [2.05, 4.69) is 35.4 Å². The summed E-state index contributed by atoms with van der Waals surface area (Å²) in [4.78, 5) is 17.9. The van der Waals surface area contributed by atoms with E-state index in [9.17, 15) is 9.90 Å². The Morgan fingerprint density at radius 3 is 2.97 bits per heavy atom. The van der Waals surface area contributed by atoms with Crippen molar-refractivity contribution in [1.82, 2.24) is 4.98 Å². The molecule has 5 rings (SSSR count). The number of hydrogen-bond acceptors (Lipinski definition) is 5. The van der Waals surface area contributed by atoms with Gasteiger partial charge in [0.1, 0.15) is 5.75 Å². The number of methoxy groups -OCH3 is 1. The Labute approximate surface area is 194 Å². The minimum Gasteiger partial charge on any atom is -0.497 e. The molecule has 0 saturated heterocycles. The lowest BCUT2D eigenvalue weighted by Gasteiger charge is -2.51. The molecule has 5 nitrogen and oxygen atoms in total. The molecule has 2 saturated carbocycles. The van der Waals surface area contributed by atoms with Gasteiger partial charge in [-0.05, 0) is 97.8 Å². The van der Waals surface area contributed by atoms with Crippen LogP contribution in [0.4, 0.5) is 5.13 Å². The van der Waals surface area contributed by atoms with Gasteiger partial charge in [-0.2, -0.15) is 0 Å². The van der Waals surface area contributed by atoms with Crippen molar-refractivity contribution in [2.45, 2.75) is 70.8 Å². The molecule has 0 radical (unpaired) electrons. The average molecular weight is 455 g/mol. The molecule has 0 bridgehead atoms. The number of nitrogens with zero attached hydrogens (tertiary/aromatic N) is 1. The number of aliphatic hydroxyl groups is 1. The van der Waals surface area contributed by atoms with Crippen LogP contribution in [-0.2, 0) is 11.2 Å². The first kappa shape index (κ1) is 21.9. The molecule has 1 aromatic carbocycles. The smallest absolute Gasteiger partial charge is 0.226 e. The molecular formula is C26H34N2O3S. The molecule has 1 aromatic heterocycles. The average Bonchev–Trinajstić information content (AvgIpc) is 3.31. The van der Waals surface area contributed by atoms with E-state index in [-0.39, 0.29) is 17.4 Å². The van der Waals surface area contributed by atoms with Crippen LogP contribution in [0.15, 0.2) is 24.4 Å². The summed E-state index contributed by atoms with van der Waals surface area (Å²) in [6.45, 7) is 4.30. The highest BCUT2D eigenvalue weighted by molar-refractivity contribution is 7.15. The van der Waals surface area contributed by atoms with Crippen LogP contribution < -0.4 is 10.1 Å². The van der Waals surface area contributed by atoms with E-state index in [1.807, 2.05) is 6.92 Å². The lowest BCUT2D eigenvalue weighted by molar-refractivity contribution is -0.116. The number of nitrogens with one attached hydrogen (secondary N) is 1. The number of aromatic nitrogens is 1. The van der Waals surface area contributed by atoms with E-state index in [4.69, 9.17) is 4.74 Å². The molecule has 172 valence electrons. The second kappa shape index (κ2) is 8.45. The minimum absolute atomic E-state index is 0.0291. The highest BCUT2D eigenvalue weighted by Gasteiger charge is 2.58. The molecule has 1 heterocycles. The number of anilines is 1. The van der Waals surface area contributed by atoms with Crippen LogP contribution in [0, 0.1) is 30.1 Å². The van der Waals surface area contributed by atoms with Gasteiger partial charge in [-0.15, -0.1) is 11.3 Å². The van der Waals surface area contributed by atoms with Crippen LogP contribution in [0.25, 0.3) is 0 Å². The Bertz CT molecular complexity index is 1000. The van der Waals surface area contributed by atoms with E-state index in [1.165, 1.54) is 28.9 Å². The molecular weight excluding hydrogens is 420 g/mol. The third kappa shape index (κ3) is 3.75. The maximum absolute atomic E-state index is 12.6. The normalized spacial score (nSPS) is 33.2. The topological polar surface area (TPSA) is 71.5 Å². The van der Waals surface area contributed by atoms with Crippen LogP contribution in [0.1, 0.15) is 67.4 Å². The van der Waals surface area contributed by atoms with Crippen molar-refractivity contribution < 1.29 is 14.6 Å². The zero-order valence-corrected chi connectivity index (χ0v) is 20.1. The van der Waals surface area contributed by atoms with E-state index < -0.39 is 0 Å². The molecule has 2 fully saturated rings. The predicted molar refractivity (Wildman–Crippen MR) is 127 cm³/mol. The lowest BCUT2D eigenvalue weighted by atomic mass is 9.54. The maximum Gasteiger partial charge on any atom is 0.226 e. The molecule has 0 spiro atoms. The Balaban J connectivity index is 1.32. The van der Waals surface area contributed by atoms with Crippen LogP contribution in [-0.4, -0.2) is 29.2 Å². The number of fused-ring (bicyclic) bond motifs is 5. The number of carbonyl (C=O) groups is 1. The fourth-order valence-corrected chi connectivity index (χ4v) is 7.83. The van der Waals surface area contributed by atoms with Crippen molar-refractivity contribution in [3.05, 3.63) is 40.4 Å². The number of benzene rings is 1. The van der Waals surface area contributed by atoms with Gasteiger partial charge >= 0.3 is 0 Å². The van der Waals surface area contributed by atoms with E-state index in [0.29, 0.717) is 35.2 Å². The number of carbonyl (C=O) groups excluding carboxylic acids is 1. The molecule has 6 heteroatoms. The van der Waals surface area contributed by atoms with Crippen molar-refractivity contribution >= 4 is 22.4 Å². The van der Waals surface area contributed by atoms with Gasteiger partial charge in [-0.3, -0.25) is 4.79 Å². The van der Waals surface area contributed by atoms with Gasteiger partial charge in [0, 0.05) is 17.5 Å². The van der Waals surface area contributed by atoms with Crippen molar-refractivity contribution in [3.63, 3.8) is 0 Å². The number of amides is 1. The highest BCUT2D eigenvalue weighted by atomic mass is 32.1. The predicted octanol–water partition coefficient (Wildman–Crippen LogP) is 5.32. The molecule has 6 atom stereocenters. The Kier molecular flexibility index (Phi) is 5.79. The van der Waals surface area contributed by atoms with Crippen LogP contribution >= 0.6 is 11.3 Å². The van der Waals surface area contributed by atoms with Gasteiger partial charge in [0.25, 0.3) is 0 Å². The first-order valence-electron chi connectivity index (χ1n) is 12.0. The fourth-order valence-electron chi connectivity index (χ4n) is 7.15. The minimum atomic E-state index is -0.264. The number of thiazole rings is 1. The van der Waals surface area contributed by atoms with Gasteiger partial charge < -0.3 is 15.2 Å². The van der Waals surface area contributed by atoms with E-state index in [1.54, 1.807) is 13.3 Å². The second-order valence-corrected chi connectivity index (χ2v) is 11.6. The highest BCUT2D eigenvalue weighted by Crippen LogP contribution is 2.63. The van der Waals surface area contributed by atoms with Gasteiger partial charge in [0.2, 0.25) is 5.91 Å². The van der Waals surface area contributed by atoms with Crippen molar-refractivity contribution in [3.8, 4) is 5.75 Å². The molecule has 3 aliphatic rings. The monoisotopic (exact) mass is 454 g/mol. The first-order valence-corrected chi connectivity index (χ1v) is 12.8. The van der Waals surface area contributed by atoms with Crippen LogP contribution in [0.5, 0.6) is 5.75 Å². The Hall–Kier alpha value is -1.92. The molecule has 32 heavy (non-hydrogen) atoms. The molecule has 4 unspecified atom stereocenters. The summed E-state index contributed by atoms with van der Waals surface area (Å²) < 4.78 is 5.46. The zero-order valence-electron chi connectivity index (χ0n) is 19.3. The van der Waals surface area contributed by atoms with Gasteiger partial charge in [-0.25, -0.2) is 4.98 Å².